The Hall–Kier alpha value is -3.75. The molecule has 0 saturated carbocycles. The molecule has 0 spiro atoms. The lowest BCUT2D eigenvalue weighted by Gasteiger charge is -2.19. The molecule has 1 aromatic carbocycles. The summed E-state index contributed by atoms with van der Waals surface area (Å²) in [7, 11) is 1.57. The Kier molecular flexibility index (Phi) is 4.65. The summed E-state index contributed by atoms with van der Waals surface area (Å²) in [5, 5.41) is 7.03. The third-order valence-electron chi connectivity index (χ3n) is 5.64. The van der Waals surface area contributed by atoms with Crippen LogP contribution in [0.2, 0.25) is 0 Å². The molecular weight excluding hydrogens is 401 g/mol. The number of anilines is 1. The van der Waals surface area contributed by atoms with Crippen molar-refractivity contribution in [2.75, 3.05) is 18.6 Å². The lowest BCUT2D eigenvalue weighted by atomic mass is 10.0. The van der Waals surface area contributed by atoms with Crippen LogP contribution in [0.25, 0.3) is 0 Å². The second kappa shape index (κ2) is 7.50. The SMILES string of the molecule is CN1C(=O)[C@@H](NC(=O)c2cc3n(n2)[C@H](c2ccccc2)C[C@@H]3F)COc2cccnc21. The van der Waals surface area contributed by atoms with E-state index < -0.39 is 18.1 Å². The topological polar surface area (TPSA) is 89.4 Å². The van der Waals surface area contributed by atoms with Crippen LogP contribution in [0.15, 0.2) is 54.7 Å². The van der Waals surface area contributed by atoms with E-state index in [1.165, 1.54) is 11.0 Å². The second-order valence-electron chi connectivity index (χ2n) is 7.59. The number of pyridine rings is 1. The lowest BCUT2D eigenvalue weighted by molar-refractivity contribution is -0.120. The zero-order chi connectivity index (χ0) is 21.5. The van der Waals surface area contributed by atoms with E-state index >= 15 is 0 Å². The molecule has 0 fully saturated rings. The molecule has 158 valence electrons. The molecule has 8 nitrogen and oxygen atoms in total. The first-order valence-electron chi connectivity index (χ1n) is 9.97. The number of alkyl halides is 1. The van der Waals surface area contributed by atoms with Crippen molar-refractivity contribution in [2.45, 2.75) is 24.7 Å². The summed E-state index contributed by atoms with van der Waals surface area (Å²) in [6.07, 6.45) is 0.627. The van der Waals surface area contributed by atoms with Gasteiger partial charge in [0.1, 0.15) is 18.8 Å². The Balaban J connectivity index is 1.36. The van der Waals surface area contributed by atoms with Gasteiger partial charge in [-0.3, -0.25) is 19.2 Å². The third-order valence-corrected chi connectivity index (χ3v) is 5.64. The van der Waals surface area contributed by atoms with Crippen LogP contribution < -0.4 is 15.0 Å². The Bertz CT molecular complexity index is 1150. The molecule has 4 heterocycles. The van der Waals surface area contributed by atoms with Crippen LogP contribution in [-0.2, 0) is 4.79 Å². The first-order valence-corrected chi connectivity index (χ1v) is 9.97. The van der Waals surface area contributed by atoms with Crippen LogP contribution in [0, 0.1) is 0 Å². The van der Waals surface area contributed by atoms with Crippen molar-refractivity contribution in [1.82, 2.24) is 20.1 Å². The Labute approximate surface area is 177 Å². The van der Waals surface area contributed by atoms with E-state index in [1.807, 2.05) is 30.3 Å². The Morgan fingerprint density at radius 3 is 2.84 bits per heavy atom. The van der Waals surface area contributed by atoms with Gasteiger partial charge in [0.2, 0.25) is 0 Å². The van der Waals surface area contributed by atoms with Gasteiger partial charge in [-0.1, -0.05) is 30.3 Å². The van der Waals surface area contributed by atoms with Crippen molar-refractivity contribution < 1.29 is 18.7 Å². The molecule has 5 rings (SSSR count). The van der Waals surface area contributed by atoms with Crippen LogP contribution >= 0.6 is 0 Å². The van der Waals surface area contributed by atoms with Crippen LogP contribution in [-0.4, -0.2) is 46.3 Å². The number of amides is 2. The summed E-state index contributed by atoms with van der Waals surface area (Å²) in [4.78, 5) is 31.2. The van der Waals surface area contributed by atoms with Crippen molar-refractivity contribution in [3.8, 4) is 5.75 Å². The number of nitrogens with zero attached hydrogens (tertiary/aromatic N) is 4. The Morgan fingerprint density at radius 1 is 1.23 bits per heavy atom. The number of hydrogen-bond acceptors (Lipinski definition) is 5. The lowest BCUT2D eigenvalue weighted by Crippen LogP contribution is -2.49. The number of nitrogens with one attached hydrogen (secondary N) is 1. The van der Waals surface area contributed by atoms with Crippen molar-refractivity contribution in [3.63, 3.8) is 0 Å². The van der Waals surface area contributed by atoms with Gasteiger partial charge in [-0.05, 0) is 23.8 Å². The number of hydrogen-bond donors (Lipinski definition) is 1. The van der Waals surface area contributed by atoms with E-state index in [0.29, 0.717) is 17.3 Å². The molecule has 2 aliphatic rings. The maximum Gasteiger partial charge on any atom is 0.272 e. The highest BCUT2D eigenvalue weighted by molar-refractivity contribution is 6.02. The fourth-order valence-corrected chi connectivity index (χ4v) is 4.04. The summed E-state index contributed by atoms with van der Waals surface area (Å²) in [6.45, 7) is -0.0421. The number of halogens is 1. The van der Waals surface area contributed by atoms with Gasteiger partial charge >= 0.3 is 0 Å². The minimum Gasteiger partial charge on any atom is -0.487 e. The predicted octanol–water partition coefficient (Wildman–Crippen LogP) is 2.44. The smallest absolute Gasteiger partial charge is 0.272 e. The summed E-state index contributed by atoms with van der Waals surface area (Å²) in [6, 6.07) is 13.2. The maximum atomic E-state index is 14.6. The molecule has 0 aliphatic carbocycles. The average Bonchev–Trinajstić information content (AvgIpc) is 3.34. The van der Waals surface area contributed by atoms with Crippen LogP contribution in [0.3, 0.4) is 0 Å². The number of carbonyl (C=O) groups excluding carboxylic acids is 2. The highest BCUT2D eigenvalue weighted by atomic mass is 19.1. The number of ether oxygens (including phenoxy) is 1. The summed E-state index contributed by atoms with van der Waals surface area (Å²) >= 11 is 0. The molecule has 0 unspecified atom stereocenters. The van der Waals surface area contributed by atoms with Gasteiger partial charge in [0.15, 0.2) is 17.3 Å². The van der Waals surface area contributed by atoms with Gasteiger partial charge in [0.05, 0.1) is 11.7 Å². The number of aromatic nitrogens is 3. The van der Waals surface area contributed by atoms with Gasteiger partial charge in [-0.15, -0.1) is 0 Å². The minimum absolute atomic E-state index is 0.0421. The van der Waals surface area contributed by atoms with Crippen molar-refractivity contribution in [1.29, 1.82) is 0 Å². The van der Waals surface area contributed by atoms with E-state index in [2.05, 4.69) is 15.4 Å². The molecule has 0 radical (unpaired) electrons. The molecule has 3 aromatic rings. The van der Waals surface area contributed by atoms with Crippen LogP contribution in [0.1, 0.15) is 40.4 Å². The monoisotopic (exact) mass is 421 g/mol. The van der Waals surface area contributed by atoms with Gasteiger partial charge in [-0.2, -0.15) is 5.10 Å². The van der Waals surface area contributed by atoms with Gasteiger partial charge in [0.25, 0.3) is 11.8 Å². The zero-order valence-corrected chi connectivity index (χ0v) is 16.7. The Morgan fingerprint density at radius 2 is 2.03 bits per heavy atom. The second-order valence-corrected chi connectivity index (χ2v) is 7.59. The largest absolute Gasteiger partial charge is 0.487 e. The van der Waals surface area contributed by atoms with E-state index in [1.54, 1.807) is 30.1 Å². The fraction of sp³-hybridized carbons (Fsp3) is 0.273. The molecule has 9 heteroatoms. The maximum absolute atomic E-state index is 14.6. The standard InChI is InChI=1S/C22H20FN5O3/c1-27-20-19(8-5-9-24-20)31-12-16(22(27)30)25-21(29)15-11-18-14(23)10-17(28(18)26-15)13-6-3-2-4-7-13/h2-9,11,14,16-17H,10,12H2,1H3,(H,25,29)/t14-,16-,17-/m0/s1. The molecule has 0 saturated heterocycles. The van der Waals surface area contributed by atoms with Crippen molar-refractivity contribution >= 4 is 17.6 Å². The third kappa shape index (κ3) is 3.31. The first kappa shape index (κ1) is 19.2. The van der Waals surface area contributed by atoms with E-state index in [-0.39, 0.29) is 30.7 Å². The van der Waals surface area contributed by atoms with Crippen LogP contribution in [0.5, 0.6) is 5.75 Å². The average molecular weight is 421 g/mol. The van der Waals surface area contributed by atoms with E-state index in [9.17, 15) is 14.0 Å². The number of benzene rings is 1. The van der Waals surface area contributed by atoms with Crippen molar-refractivity contribution in [3.05, 3.63) is 71.7 Å². The molecule has 2 amide bonds. The number of rotatable bonds is 3. The van der Waals surface area contributed by atoms with Crippen LogP contribution in [0.4, 0.5) is 10.2 Å². The number of fused-ring (bicyclic) bond motifs is 2. The molecule has 0 bridgehead atoms. The van der Waals surface area contributed by atoms with Crippen molar-refractivity contribution in [2.24, 2.45) is 0 Å². The van der Waals surface area contributed by atoms with E-state index in [0.717, 1.165) is 5.56 Å². The summed E-state index contributed by atoms with van der Waals surface area (Å²) in [5.41, 5.74) is 1.35. The van der Waals surface area contributed by atoms with Gasteiger partial charge < -0.3 is 10.1 Å². The molecule has 1 N–H and O–H groups in total. The molecular formula is C22H20FN5O3. The summed E-state index contributed by atoms with van der Waals surface area (Å²) in [5.74, 6) is -0.0727. The molecule has 3 atom stereocenters. The van der Waals surface area contributed by atoms with Gasteiger partial charge in [-0.25, -0.2) is 9.37 Å². The quantitative estimate of drug-likeness (QED) is 0.702. The normalized spacial score (nSPS) is 22.3. The zero-order valence-electron chi connectivity index (χ0n) is 16.7. The molecule has 2 aromatic heterocycles. The highest BCUT2D eigenvalue weighted by Gasteiger charge is 2.36. The number of carbonyl (C=O) groups is 2. The molecule has 31 heavy (non-hydrogen) atoms. The first-order chi connectivity index (χ1) is 15.0. The molecule has 2 aliphatic heterocycles. The highest BCUT2D eigenvalue weighted by Crippen LogP contribution is 2.40. The number of likely N-dealkylation sites (N-methyl/N-ethyl adjacent to an activating group) is 1. The fourth-order valence-electron chi connectivity index (χ4n) is 4.04. The summed E-state index contributed by atoms with van der Waals surface area (Å²) < 4.78 is 21.9. The van der Waals surface area contributed by atoms with Gasteiger partial charge in [0, 0.05) is 19.7 Å². The predicted molar refractivity (Wildman–Crippen MR) is 110 cm³/mol. The van der Waals surface area contributed by atoms with E-state index in [4.69, 9.17) is 4.74 Å². The minimum atomic E-state index is -1.21.